The Morgan fingerprint density at radius 1 is 1.31 bits per heavy atom. The van der Waals surface area contributed by atoms with Crippen molar-refractivity contribution in [1.82, 2.24) is 5.48 Å². The molecule has 0 amide bonds. The van der Waals surface area contributed by atoms with E-state index in [-0.39, 0.29) is 5.60 Å². The fourth-order valence-corrected chi connectivity index (χ4v) is 2.85. The minimum Gasteiger partial charge on any atom is -0.378 e. The average Bonchev–Trinajstić information content (AvgIpc) is 2.05. The molecule has 0 aromatic carbocycles. The molecule has 2 saturated carbocycles. The summed E-state index contributed by atoms with van der Waals surface area (Å²) in [4.78, 5) is 5.69. The zero-order chi connectivity index (χ0) is 11.8. The van der Waals surface area contributed by atoms with Gasteiger partial charge in [0.1, 0.15) is 0 Å². The van der Waals surface area contributed by atoms with Crippen LogP contribution in [-0.2, 0) is 9.57 Å². The number of nitrogens with one attached hydrogen (secondary N) is 1. The Labute approximate surface area is 98.8 Å². The molecule has 0 bridgehead atoms. The van der Waals surface area contributed by atoms with Crippen molar-refractivity contribution >= 4 is 0 Å². The molecule has 1 N–H and O–H groups in total. The Kier molecular flexibility index (Phi) is 3.30. The molecule has 2 fully saturated rings. The lowest BCUT2D eigenvalue weighted by atomic mass is 9.51. The van der Waals surface area contributed by atoms with Crippen molar-refractivity contribution in [3.8, 4) is 0 Å². The third-order valence-corrected chi connectivity index (χ3v) is 3.94. The zero-order valence-electron chi connectivity index (χ0n) is 11.0. The van der Waals surface area contributed by atoms with E-state index < -0.39 is 0 Å². The van der Waals surface area contributed by atoms with E-state index in [4.69, 9.17) is 9.57 Å². The quantitative estimate of drug-likeness (QED) is 0.749. The predicted molar refractivity (Wildman–Crippen MR) is 64.1 cm³/mol. The third kappa shape index (κ3) is 2.13. The number of hydrogen-bond acceptors (Lipinski definition) is 3. The maximum Gasteiger partial charge on any atom is 0.0813 e. The van der Waals surface area contributed by atoms with E-state index >= 15 is 0 Å². The van der Waals surface area contributed by atoms with Gasteiger partial charge in [-0.3, -0.25) is 4.84 Å². The van der Waals surface area contributed by atoms with Gasteiger partial charge in [0.25, 0.3) is 0 Å². The van der Waals surface area contributed by atoms with Gasteiger partial charge in [-0.1, -0.05) is 6.42 Å². The molecule has 1 spiro atoms. The van der Waals surface area contributed by atoms with Crippen LogP contribution in [0.15, 0.2) is 0 Å². The molecular weight excluding hydrogens is 202 g/mol. The fourth-order valence-electron chi connectivity index (χ4n) is 2.85. The maximum absolute atomic E-state index is 5.80. The van der Waals surface area contributed by atoms with Gasteiger partial charge in [0.2, 0.25) is 0 Å². The summed E-state index contributed by atoms with van der Waals surface area (Å²) in [6.07, 6.45) is 5.50. The van der Waals surface area contributed by atoms with Crippen LogP contribution in [0.5, 0.6) is 0 Å². The highest BCUT2D eigenvalue weighted by atomic mass is 16.7. The van der Waals surface area contributed by atoms with E-state index in [1.54, 1.807) is 0 Å². The molecule has 3 nitrogen and oxygen atoms in total. The SMILES string of the molecule is CCOC1CC(NOC(C)(C)C)C12CCC2. The first-order valence-electron chi connectivity index (χ1n) is 6.53. The molecule has 2 atom stereocenters. The predicted octanol–water partition coefficient (Wildman–Crippen LogP) is 2.65. The second kappa shape index (κ2) is 4.28. The van der Waals surface area contributed by atoms with Crippen LogP contribution in [0, 0.1) is 5.41 Å². The van der Waals surface area contributed by atoms with Crippen molar-refractivity contribution in [2.24, 2.45) is 5.41 Å². The van der Waals surface area contributed by atoms with Crippen LogP contribution in [0.25, 0.3) is 0 Å². The molecule has 0 heterocycles. The first kappa shape index (κ1) is 12.3. The van der Waals surface area contributed by atoms with Crippen LogP contribution in [0.3, 0.4) is 0 Å². The third-order valence-electron chi connectivity index (χ3n) is 3.94. The van der Waals surface area contributed by atoms with Crippen molar-refractivity contribution in [1.29, 1.82) is 0 Å². The first-order chi connectivity index (χ1) is 7.48. The number of rotatable bonds is 4. The van der Waals surface area contributed by atoms with Gasteiger partial charge >= 0.3 is 0 Å². The van der Waals surface area contributed by atoms with Crippen LogP contribution in [0.1, 0.15) is 53.4 Å². The second-order valence-corrected chi connectivity index (χ2v) is 6.15. The summed E-state index contributed by atoms with van der Waals surface area (Å²) in [6.45, 7) is 9.14. The lowest BCUT2D eigenvalue weighted by molar-refractivity contribution is -0.220. The molecule has 0 radical (unpaired) electrons. The Hall–Kier alpha value is -0.120. The average molecular weight is 227 g/mol. The molecule has 2 rings (SSSR count). The molecule has 0 aromatic heterocycles. The van der Waals surface area contributed by atoms with Crippen LogP contribution >= 0.6 is 0 Å². The Morgan fingerprint density at radius 3 is 2.44 bits per heavy atom. The monoisotopic (exact) mass is 227 g/mol. The summed E-state index contributed by atoms with van der Waals surface area (Å²) in [7, 11) is 0. The topological polar surface area (TPSA) is 30.5 Å². The molecule has 94 valence electrons. The van der Waals surface area contributed by atoms with Gasteiger partial charge in [0.15, 0.2) is 0 Å². The molecule has 0 aliphatic heterocycles. The van der Waals surface area contributed by atoms with Crippen LogP contribution in [0.4, 0.5) is 0 Å². The van der Waals surface area contributed by atoms with Crippen molar-refractivity contribution < 1.29 is 9.57 Å². The fraction of sp³-hybridized carbons (Fsp3) is 1.00. The van der Waals surface area contributed by atoms with Gasteiger partial charge in [0, 0.05) is 18.1 Å². The normalized spacial score (nSPS) is 32.2. The zero-order valence-corrected chi connectivity index (χ0v) is 11.0. The molecule has 2 aliphatic rings. The summed E-state index contributed by atoms with van der Waals surface area (Å²) in [5.74, 6) is 0. The van der Waals surface area contributed by atoms with Crippen molar-refractivity contribution in [2.45, 2.75) is 71.1 Å². The minimum atomic E-state index is -0.109. The van der Waals surface area contributed by atoms with E-state index in [0.717, 1.165) is 13.0 Å². The highest BCUT2D eigenvalue weighted by Gasteiger charge is 2.59. The van der Waals surface area contributed by atoms with Crippen molar-refractivity contribution in [3.63, 3.8) is 0 Å². The van der Waals surface area contributed by atoms with Crippen molar-refractivity contribution in [3.05, 3.63) is 0 Å². The summed E-state index contributed by atoms with van der Waals surface area (Å²) < 4.78 is 5.80. The summed E-state index contributed by atoms with van der Waals surface area (Å²) >= 11 is 0. The second-order valence-electron chi connectivity index (χ2n) is 6.15. The Balaban J connectivity index is 1.84. The summed E-state index contributed by atoms with van der Waals surface area (Å²) in [5, 5.41) is 0. The molecule has 2 unspecified atom stereocenters. The van der Waals surface area contributed by atoms with E-state index in [0.29, 0.717) is 17.6 Å². The van der Waals surface area contributed by atoms with Gasteiger partial charge in [-0.2, -0.15) is 5.48 Å². The first-order valence-corrected chi connectivity index (χ1v) is 6.53. The van der Waals surface area contributed by atoms with E-state index in [2.05, 4.69) is 33.2 Å². The Morgan fingerprint density at radius 2 is 2.00 bits per heavy atom. The number of hydroxylamine groups is 1. The van der Waals surface area contributed by atoms with E-state index in [1.807, 2.05) is 0 Å². The Bertz CT molecular complexity index is 243. The highest BCUT2D eigenvalue weighted by Crippen LogP contribution is 2.57. The standard InChI is InChI=1S/C13H25NO2/c1-5-15-11-9-10(13(11)7-6-8-13)14-16-12(2,3)4/h10-11,14H,5-9H2,1-4H3. The molecule has 0 aromatic rings. The lowest BCUT2D eigenvalue weighted by Gasteiger charge is -2.61. The number of ether oxygens (including phenoxy) is 1. The molecule has 2 aliphatic carbocycles. The van der Waals surface area contributed by atoms with Gasteiger partial charge in [-0.05, 0) is 47.0 Å². The van der Waals surface area contributed by atoms with E-state index in [1.165, 1.54) is 19.3 Å². The van der Waals surface area contributed by atoms with Crippen molar-refractivity contribution in [2.75, 3.05) is 6.61 Å². The van der Waals surface area contributed by atoms with Gasteiger partial charge in [-0.25, -0.2) is 0 Å². The van der Waals surface area contributed by atoms with Crippen LogP contribution in [-0.4, -0.2) is 24.4 Å². The smallest absolute Gasteiger partial charge is 0.0813 e. The maximum atomic E-state index is 5.80. The molecular formula is C13H25NO2. The highest BCUT2D eigenvalue weighted by molar-refractivity contribution is 5.11. The molecule has 16 heavy (non-hydrogen) atoms. The summed E-state index contributed by atoms with van der Waals surface area (Å²) in [6, 6.07) is 0.497. The summed E-state index contributed by atoms with van der Waals surface area (Å²) in [5.41, 5.74) is 3.54. The van der Waals surface area contributed by atoms with Crippen LogP contribution < -0.4 is 5.48 Å². The van der Waals surface area contributed by atoms with Gasteiger partial charge in [0.05, 0.1) is 11.7 Å². The lowest BCUT2D eigenvalue weighted by Crippen LogP contribution is -2.67. The largest absolute Gasteiger partial charge is 0.378 e. The van der Waals surface area contributed by atoms with Gasteiger partial charge in [-0.15, -0.1) is 0 Å². The van der Waals surface area contributed by atoms with E-state index in [9.17, 15) is 0 Å². The van der Waals surface area contributed by atoms with Gasteiger partial charge < -0.3 is 4.74 Å². The number of hydrogen-bond donors (Lipinski definition) is 1. The molecule has 0 saturated heterocycles. The minimum absolute atomic E-state index is 0.109. The van der Waals surface area contributed by atoms with Crippen LogP contribution in [0.2, 0.25) is 0 Å². The molecule has 3 heteroatoms.